The number of benzene rings is 2. The monoisotopic (exact) mass is 326 g/mol. The highest BCUT2D eigenvalue weighted by molar-refractivity contribution is 5.76. The second-order valence-electron chi connectivity index (χ2n) is 5.76. The lowest BCUT2D eigenvalue weighted by molar-refractivity contribution is -0.121. The van der Waals surface area contributed by atoms with Crippen LogP contribution in [0.25, 0.3) is 11.1 Å². The van der Waals surface area contributed by atoms with Gasteiger partial charge in [-0.05, 0) is 48.2 Å². The quantitative estimate of drug-likeness (QED) is 0.753. The van der Waals surface area contributed by atoms with E-state index >= 15 is 0 Å². The lowest BCUT2D eigenvalue weighted by atomic mass is 10.1. The predicted molar refractivity (Wildman–Crippen MR) is 90.2 cm³/mol. The molecule has 1 aromatic heterocycles. The van der Waals surface area contributed by atoms with Crippen molar-refractivity contribution in [3.05, 3.63) is 65.3 Å². The second-order valence-corrected chi connectivity index (χ2v) is 5.76. The van der Waals surface area contributed by atoms with E-state index in [-0.39, 0.29) is 11.7 Å². The largest absolute Gasteiger partial charge is 0.441 e. The second kappa shape index (κ2) is 7.25. The Kier molecular flexibility index (Phi) is 4.89. The molecule has 0 spiro atoms. The Hall–Kier alpha value is -2.69. The smallest absolute Gasteiger partial charge is 0.220 e. The van der Waals surface area contributed by atoms with Crippen molar-refractivity contribution in [2.45, 2.75) is 26.2 Å². The first-order valence-corrected chi connectivity index (χ1v) is 7.97. The molecule has 24 heavy (non-hydrogen) atoms. The van der Waals surface area contributed by atoms with Crippen LogP contribution in [0.1, 0.15) is 23.4 Å². The highest BCUT2D eigenvalue weighted by Crippen LogP contribution is 2.17. The minimum atomic E-state index is -0.262. The minimum Gasteiger partial charge on any atom is -0.441 e. The van der Waals surface area contributed by atoms with Gasteiger partial charge in [-0.1, -0.05) is 18.2 Å². The molecular formula is C19H19FN2O2. The third-order valence-corrected chi connectivity index (χ3v) is 3.85. The van der Waals surface area contributed by atoms with Gasteiger partial charge in [0.25, 0.3) is 0 Å². The van der Waals surface area contributed by atoms with Crippen LogP contribution in [0.2, 0.25) is 0 Å². The molecule has 1 N–H and O–H groups in total. The number of hydrogen-bond acceptors (Lipinski definition) is 3. The number of oxazole rings is 1. The van der Waals surface area contributed by atoms with Gasteiger partial charge in [-0.3, -0.25) is 4.79 Å². The average molecular weight is 326 g/mol. The molecule has 0 radical (unpaired) electrons. The van der Waals surface area contributed by atoms with E-state index in [0.717, 1.165) is 28.6 Å². The van der Waals surface area contributed by atoms with E-state index in [1.165, 1.54) is 12.1 Å². The fourth-order valence-corrected chi connectivity index (χ4v) is 2.58. The number of carbonyl (C=O) groups excluding carboxylic acids is 1. The van der Waals surface area contributed by atoms with Crippen molar-refractivity contribution in [2.24, 2.45) is 0 Å². The minimum absolute atomic E-state index is 0.00378. The molecule has 0 atom stereocenters. The number of nitrogens with zero attached hydrogens (tertiary/aromatic N) is 1. The molecule has 0 aliphatic carbocycles. The maximum Gasteiger partial charge on any atom is 0.220 e. The summed E-state index contributed by atoms with van der Waals surface area (Å²) in [5.41, 5.74) is 3.67. The zero-order valence-electron chi connectivity index (χ0n) is 13.5. The molecule has 0 unspecified atom stereocenters. The Morgan fingerprint density at radius 2 is 1.88 bits per heavy atom. The zero-order chi connectivity index (χ0) is 16.9. The van der Waals surface area contributed by atoms with Crippen LogP contribution in [0.15, 0.2) is 46.9 Å². The van der Waals surface area contributed by atoms with Gasteiger partial charge in [0.15, 0.2) is 11.5 Å². The number of fused-ring (bicyclic) bond motifs is 1. The van der Waals surface area contributed by atoms with E-state index in [1.54, 1.807) is 12.1 Å². The first kappa shape index (κ1) is 16.2. The Balaban J connectivity index is 1.44. The standard InChI is InChI=1S/C19H19FN2O2/c1-13-22-17-8-4-15(12-18(17)24-13)10-11-21-19(23)9-5-14-2-6-16(20)7-3-14/h2-4,6-8,12H,5,9-11H2,1H3,(H,21,23). The average Bonchev–Trinajstić information content (AvgIpc) is 2.93. The molecule has 0 saturated carbocycles. The first-order valence-electron chi connectivity index (χ1n) is 7.97. The van der Waals surface area contributed by atoms with Crippen LogP contribution in [0, 0.1) is 12.7 Å². The van der Waals surface area contributed by atoms with Crippen molar-refractivity contribution in [2.75, 3.05) is 6.54 Å². The first-order chi connectivity index (χ1) is 11.6. The van der Waals surface area contributed by atoms with E-state index in [9.17, 15) is 9.18 Å². The van der Waals surface area contributed by atoms with Crippen molar-refractivity contribution in [1.29, 1.82) is 0 Å². The van der Waals surface area contributed by atoms with Gasteiger partial charge in [-0.15, -0.1) is 0 Å². The van der Waals surface area contributed by atoms with E-state index in [2.05, 4.69) is 10.3 Å². The fourth-order valence-electron chi connectivity index (χ4n) is 2.58. The zero-order valence-corrected chi connectivity index (χ0v) is 13.5. The van der Waals surface area contributed by atoms with Gasteiger partial charge in [-0.2, -0.15) is 0 Å². The molecule has 1 heterocycles. The van der Waals surface area contributed by atoms with E-state index in [1.807, 2.05) is 25.1 Å². The molecule has 3 rings (SSSR count). The molecule has 5 heteroatoms. The van der Waals surface area contributed by atoms with Gasteiger partial charge in [-0.25, -0.2) is 9.37 Å². The molecule has 1 amide bonds. The maximum atomic E-state index is 12.8. The van der Waals surface area contributed by atoms with Crippen LogP contribution in [-0.4, -0.2) is 17.4 Å². The third-order valence-electron chi connectivity index (χ3n) is 3.85. The SMILES string of the molecule is Cc1nc2ccc(CCNC(=O)CCc3ccc(F)cc3)cc2o1. The summed E-state index contributed by atoms with van der Waals surface area (Å²) in [6.07, 6.45) is 1.74. The Morgan fingerprint density at radius 3 is 2.67 bits per heavy atom. The summed E-state index contributed by atoms with van der Waals surface area (Å²) in [7, 11) is 0. The number of aromatic nitrogens is 1. The highest BCUT2D eigenvalue weighted by Gasteiger charge is 2.05. The van der Waals surface area contributed by atoms with E-state index in [0.29, 0.717) is 25.3 Å². The molecule has 0 saturated heterocycles. The molecule has 3 aromatic rings. The summed E-state index contributed by atoms with van der Waals surface area (Å²) in [6, 6.07) is 12.1. The molecule has 0 bridgehead atoms. The normalized spacial score (nSPS) is 10.9. The van der Waals surface area contributed by atoms with Crippen LogP contribution in [0.4, 0.5) is 4.39 Å². The Labute approximate surface area is 139 Å². The Morgan fingerprint density at radius 1 is 1.12 bits per heavy atom. The van der Waals surface area contributed by atoms with Gasteiger partial charge in [0.05, 0.1) is 0 Å². The molecule has 0 aliphatic rings. The molecule has 2 aromatic carbocycles. The number of aryl methyl sites for hydroxylation is 2. The summed E-state index contributed by atoms with van der Waals surface area (Å²) in [6.45, 7) is 2.39. The van der Waals surface area contributed by atoms with Crippen molar-refractivity contribution in [3.8, 4) is 0 Å². The molecular weight excluding hydrogens is 307 g/mol. The molecule has 4 nitrogen and oxygen atoms in total. The lowest BCUT2D eigenvalue weighted by Gasteiger charge is -2.06. The van der Waals surface area contributed by atoms with Gasteiger partial charge in [0.1, 0.15) is 11.3 Å². The van der Waals surface area contributed by atoms with Crippen molar-refractivity contribution in [1.82, 2.24) is 10.3 Å². The fraction of sp³-hybridized carbons (Fsp3) is 0.263. The van der Waals surface area contributed by atoms with Crippen LogP contribution in [0.5, 0.6) is 0 Å². The topological polar surface area (TPSA) is 55.1 Å². The summed E-state index contributed by atoms with van der Waals surface area (Å²) in [4.78, 5) is 16.1. The van der Waals surface area contributed by atoms with Gasteiger partial charge in [0.2, 0.25) is 5.91 Å². The van der Waals surface area contributed by atoms with Crippen LogP contribution < -0.4 is 5.32 Å². The molecule has 124 valence electrons. The maximum absolute atomic E-state index is 12.8. The van der Waals surface area contributed by atoms with Gasteiger partial charge < -0.3 is 9.73 Å². The van der Waals surface area contributed by atoms with Crippen LogP contribution in [-0.2, 0) is 17.6 Å². The van der Waals surface area contributed by atoms with E-state index < -0.39 is 0 Å². The summed E-state index contributed by atoms with van der Waals surface area (Å²) in [5, 5.41) is 2.91. The predicted octanol–water partition coefficient (Wildman–Crippen LogP) is 3.57. The summed E-state index contributed by atoms with van der Waals surface area (Å²) in [5.74, 6) is 0.384. The van der Waals surface area contributed by atoms with Crippen molar-refractivity contribution in [3.63, 3.8) is 0 Å². The van der Waals surface area contributed by atoms with Gasteiger partial charge >= 0.3 is 0 Å². The third kappa shape index (κ3) is 4.19. The van der Waals surface area contributed by atoms with E-state index in [4.69, 9.17) is 4.42 Å². The number of halogens is 1. The number of carbonyl (C=O) groups is 1. The number of nitrogens with one attached hydrogen (secondary N) is 1. The number of rotatable bonds is 6. The summed E-state index contributed by atoms with van der Waals surface area (Å²) >= 11 is 0. The van der Waals surface area contributed by atoms with Gasteiger partial charge in [0, 0.05) is 19.9 Å². The lowest BCUT2D eigenvalue weighted by Crippen LogP contribution is -2.25. The summed E-state index contributed by atoms with van der Waals surface area (Å²) < 4.78 is 18.3. The van der Waals surface area contributed by atoms with Crippen LogP contribution >= 0.6 is 0 Å². The Bertz CT molecular complexity index is 840. The van der Waals surface area contributed by atoms with Crippen molar-refractivity contribution < 1.29 is 13.6 Å². The van der Waals surface area contributed by atoms with Crippen LogP contribution in [0.3, 0.4) is 0 Å². The highest BCUT2D eigenvalue weighted by atomic mass is 19.1. The van der Waals surface area contributed by atoms with Crippen molar-refractivity contribution >= 4 is 17.0 Å². The molecule has 0 fully saturated rings. The number of amides is 1. The molecule has 0 aliphatic heterocycles. The number of hydrogen-bond donors (Lipinski definition) is 1.